The molecule has 29 heavy (non-hydrogen) atoms. The van der Waals surface area contributed by atoms with Crippen LogP contribution in [0, 0.1) is 11.8 Å². The Hall–Kier alpha value is -1.69. The van der Waals surface area contributed by atoms with E-state index in [1.54, 1.807) is 6.08 Å². The monoisotopic (exact) mass is 410 g/mol. The molecular weight excluding hydrogens is 368 g/mol. The molecule has 168 valence electrons. The lowest BCUT2D eigenvalue weighted by molar-refractivity contribution is -0.157. The number of carboxylic acids is 1. The maximum atomic E-state index is 12.9. The summed E-state index contributed by atoms with van der Waals surface area (Å²) >= 11 is 0. The fourth-order valence-corrected chi connectivity index (χ4v) is 3.27. The second-order valence-electron chi connectivity index (χ2n) is 8.72. The van der Waals surface area contributed by atoms with E-state index < -0.39 is 29.9 Å². The number of imide groups is 1. The van der Waals surface area contributed by atoms with Crippen molar-refractivity contribution in [2.75, 3.05) is 0 Å². The minimum absolute atomic E-state index is 0.0209. The molecule has 0 radical (unpaired) electrons. The van der Waals surface area contributed by atoms with E-state index in [1.807, 2.05) is 27.7 Å². The molecule has 0 aliphatic heterocycles. The van der Waals surface area contributed by atoms with E-state index in [4.69, 9.17) is 5.73 Å². The smallest absolute Gasteiger partial charge is 0.326 e. The Morgan fingerprint density at radius 3 is 2.00 bits per heavy atom. The van der Waals surface area contributed by atoms with Gasteiger partial charge in [-0.15, -0.1) is 0 Å². The predicted molar refractivity (Wildman–Crippen MR) is 117 cm³/mol. The van der Waals surface area contributed by atoms with Gasteiger partial charge in [-0.2, -0.15) is 0 Å². The Morgan fingerprint density at radius 1 is 0.931 bits per heavy atom. The van der Waals surface area contributed by atoms with Crippen molar-refractivity contribution in [1.82, 2.24) is 4.90 Å². The maximum Gasteiger partial charge on any atom is 0.326 e. The molecule has 0 spiro atoms. The Morgan fingerprint density at radius 2 is 1.48 bits per heavy atom. The summed E-state index contributed by atoms with van der Waals surface area (Å²) < 4.78 is 0. The molecule has 0 saturated carbocycles. The topological polar surface area (TPSA) is 101 Å². The van der Waals surface area contributed by atoms with Gasteiger partial charge in [0.15, 0.2) is 0 Å². The normalized spacial score (nSPS) is 13.8. The number of carboxylic acid groups (broad SMARTS) is 1. The molecule has 0 aromatic heterocycles. The number of nitrogens with zero attached hydrogens (tertiary/aromatic N) is 1. The number of rotatable bonds is 15. The van der Waals surface area contributed by atoms with Gasteiger partial charge in [-0.3, -0.25) is 14.5 Å². The summed E-state index contributed by atoms with van der Waals surface area (Å²) in [6, 6.07) is -2.09. The number of carbonyl (C=O) groups excluding carboxylic acids is 2. The van der Waals surface area contributed by atoms with Gasteiger partial charge in [0.05, 0.1) is 6.04 Å². The molecule has 0 unspecified atom stereocenters. The van der Waals surface area contributed by atoms with Crippen molar-refractivity contribution >= 4 is 17.8 Å². The molecular formula is C23H42N2O4. The Balaban J connectivity index is 5.16. The highest BCUT2D eigenvalue weighted by Crippen LogP contribution is 2.17. The van der Waals surface area contributed by atoms with Crippen molar-refractivity contribution in [3.05, 3.63) is 12.2 Å². The van der Waals surface area contributed by atoms with Gasteiger partial charge < -0.3 is 10.8 Å². The molecule has 0 aliphatic rings. The standard InChI is InChI=1S/C23H42N2O4/c1-6-7-8-9-10-11-12-13-14-21(26)25(20(23(28)29)16-18(4)5)22(27)19(24)15-17(2)3/h13-14,17-20H,6-12,15-16,24H2,1-5H3,(H,28,29)/t19-,20-/m0/s1. The average molecular weight is 411 g/mol. The summed E-state index contributed by atoms with van der Waals surface area (Å²) in [5.41, 5.74) is 6.00. The van der Waals surface area contributed by atoms with Gasteiger partial charge in [-0.25, -0.2) is 4.79 Å². The number of aliphatic carboxylic acids is 1. The van der Waals surface area contributed by atoms with Crippen molar-refractivity contribution in [1.29, 1.82) is 0 Å². The Labute approximate surface area is 176 Å². The summed E-state index contributed by atoms with van der Waals surface area (Å²) in [6.07, 6.45) is 11.4. The minimum Gasteiger partial charge on any atom is -0.480 e. The highest BCUT2D eigenvalue weighted by Gasteiger charge is 2.36. The van der Waals surface area contributed by atoms with Crippen LogP contribution < -0.4 is 5.73 Å². The van der Waals surface area contributed by atoms with Crippen LogP contribution in [0.3, 0.4) is 0 Å². The van der Waals surface area contributed by atoms with Gasteiger partial charge in [0.25, 0.3) is 5.91 Å². The fraction of sp³-hybridized carbons (Fsp3) is 0.783. The van der Waals surface area contributed by atoms with E-state index in [-0.39, 0.29) is 18.3 Å². The largest absolute Gasteiger partial charge is 0.480 e. The molecule has 0 saturated heterocycles. The molecule has 3 N–H and O–H groups in total. The molecule has 6 nitrogen and oxygen atoms in total. The first kappa shape index (κ1) is 27.3. The van der Waals surface area contributed by atoms with Crippen LogP contribution in [0.4, 0.5) is 0 Å². The van der Waals surface area contributed by atoms with Gasteiger partial charge in [0, 0.05) is 0 Å². The summed E-state index contributed by atoms with van der Waals surface area (Å²) in [5.74, 6) is -2.19. The number of nitrogens with two attached hydrogens (primary N) is 1. The lowest BCUT2D eigenvalue weighted by Gasteiger charge is -2.30. The minimum atomic E-state index is -1.20. The molecule has 0 heterocycles. The van der Waals surface area contributed by atoms with Crippen molar-refractivity contribution in [2.45, 2.75) is 104 Å². The van der Waals surface area contributed by atoms with Crippen LogP contribution in [0.1, 0.15) is 92.4 Å². The quantitative estimate of drug-likeness (QED) is 0.305. The summed E-state index contributed by atoms with van der Waals surface area (Å²) in [7, 11) is 0. The molecule has 0 bridgehead atoms. The van der Waals surface area contributed by atoms with E-state index >= 15 is 0 Å². The number of carbonyl (C=O) groups is 3. The second kappa shape index (κ2) is 15.2. The van der Waals surface area contributed by atoms with E-state index in [0.29, 0.717) is 6.42 Å². The number of amides is 2. The molecule has 2 atom stereocenters. The molecule has 0 aromatic rings. The highest BCUT2D eigenvalue weighted by molar-refractivity contribution is 6.05. The number of hydrogen-bond donors (Lipinski definition) is 2. The van der Waals surface area contributed by atoms with Crippen molar-refractivity contribution < 1.29 is 19.5 Å². The van der Waals surface area contributed by atoms with Crippen LogP contribution in [-0.4, -0.2) is 39.9 Å². The zero-order chi connectivity index (χ0) is 22.4. The summed E-state index contributed by atoms with van der Waals surface area (Å²) in [5, 5.41) is 9.66. The van der Waals surface area contributed by atoms with Gasteiger partial charge in [-0.05, 0) is 43.6 Å². The van der Waals surface area contributed by atoms with E-state index in [9.17, 15) is 19.5 Å². The first-order chi connectivity index (χ1) is 13.6. The average Bonchev–Trinajstić information content (AvgIpc) is 2.62. The molecule has 2 amide bonds. The van der Waals surface area contributed by atoms with E-state index in [0.717, 1.165) is 24.2 Å². The van der Waals surface area contributed by atoms with E-state index in [1.165, 1.54) is 31.8 Å². The highest BCUT2D eigenvalue weighted by atomic mass is 16.4. The first-order valence-electron chi connectivity index (χ1n) is 11.1. The predicted octanol–water partition coefficient (Wildman–Crippen LogP) is 4.52. The third-order valence-corrected chi connectivity index (χ3v) is 4.79. The van der Waals surface area contributed by atoms with Crippen LogP contribution in [0.25, 0.3) is 0 Å². The van der Waals surface area contributed by atoms with Crippen LogP contribution in [0.15, 0.2) is 12.2 Å². The van der Waals surface area contributed by atoms with Crippen molar-refractivity contribution in [3.8, 4) is 0 Å². The van der Waals surface area contributed by atoms with Gasteiger partial charge in [-0.1, -0.05) is 72.8 Å². The van der Waals surface area contributed by atoms with Gasteiger partial charge in [0.2, 0.25) is 5.91 Å². The van der Waals surface area contributed by atoms with Gasteiger partial charge >= 0.3 is 5.97 Å². The van der Waals surface area contributed by atoms with Crippen LogP contribution >= 0.6 is 0 Å². The van der Waals surface area contributed by atoms with Crippen LogP contribution in [-0.2, 0) is 14.4 Å². The maximum absolute atomic E-state index is 12.9. The molecule has 0 rings (SSSR count). The Bertz CT molecular complexity index is 529. The fourth-order valence-electron chi connectivity index (χ4n) is 3.27. The van der Waals surface area contributed by atoms with Crippen LogP contribution in [0.5, 0.6) is 0 Å². The van der Waals surface area contributed by atoms with Crippen LogP contribution in [0.2, 0.25) is 0 Å². The third kappa shape index (κ3) is 11.8. The summed E-state index contributed by atoms with van der Waals surface area (Å²) in [6.45, 7) is 9.78. The molecule has 0 aliphatic carbocycles. The zero-order valence-electron chi connectivity index (χ0n) is 19.0. The number of unbranched alkanes of at least 4 members (excludes halogenated alkanes) is 6. The summed E-state index contributed by atoms with van der Waals surface area (Å²) in [4.78, 5) is 38.3. The zero-order valence-corrected chi connectivity index (χ0v) is 19.0. The molecule has 0 aromatic carbocycles. The lowest BCUT2D eigenvalue weighted by Crippen LogP contribution is -2.54. The molecule has 0 fully saturated rings. The van der Waals surface area contributed by atoms with Crippen molar-refractivity contribution in [3.63, 3.8) is 0 Å². The Kier molecular flexibility index (Phi) is 14.3. The second-order valence-corrected chi connectivity index (χ2v) is 8.72. The molecule has 6 heteroatoms. The van der Waals surface area contributed by atoms with Crippen molar-refractivity contribution in [2.24, 2.45) is 17.6 Å². The van der Waals surface area contributed by atoms with Gasteiger partial charge in [0.1, 0.15) is 6.04 Å². The number of allylic oxidation sites excluding steroid dienone is 1. The lowest BCUT2D eigenvalue weighted by atomic mass is 9.99. The SMILES string of the molecule is CCCCCCCCC=CC(=O)N(C(=O)[C@@H](N)CC(C)C)[C@@H](CC(C)C)C(=O)O. The first-order valence-corrected chi connectivity index (χ1v) is 11.1. The third-order valence-electron chi connectivity index (χ3n) is 4.79. The number of hydrogen-bond acceptors (Lipinski definition) is 4. The van der Waals surface area contributed by atoms with E-state index in [2.05, 4.69) is 6.92 Å².